The van der Waals surface area contributed by atoms with E-state index in [4.69, 9.17) is 15.0 Å². The first kappa shape index (κ1) is 26.2. The lowest BCUT2D eigenvalue weighted by Crippen LogP contribution is -2.49. The molecule has 0 N–H and O–H groups in total. The molecule has 0 radical (unpaired) electrons. The molecule has 3 aromatic carbocycles. The van der Waals surface area contributed by atoms with Crippen molar-refractivity contribution in [1.29, 1.82) is 0 Å². The van der Waals surface area contributed by atoms with Crippen molar-refractivity contribution in [1.82, 2.24) is 19.9 Å². The Hall–Kier alpha value is -4.74. The molecule has 42 heavy (non-hydrogen) atoms. The van der Waals surface area contributed by atoms with Crippen LogP contribution < -0.4 is 10.4 Å². The highest BCUT2D eigenvalue weighted by Crippen LogP contribution is 2.36. The maximum atomic E-state index is 5.22. The first-order valence-corrected chi connectivity index (χ1v) is 17.5. The highest BCUT2D eigenvalue weighted by atomic mass is 28.3. The Kier molecular flexibility index (Phi) is 6.60. The highest BCUT2D eigenvalue weighted by molar-refractivity contribution is 7.03. The molecule has 6 aromatic rings. The minimum absolute atomic E-state index is 0.165. The Bertz CT molecular complexity index is 1830. The van der Waals surface area contributed by atoms with E-state index in [0.29, 0.717) is 0 Å². The van der Waals surface area contributed by atoms with Gasteiger partial charge in [0, 0.05) is 63.6 Å². The highest BCUT2D eigenvalue weighted by Gasteiger charge is 2.38. The Morgan fingerprint density at radius 3 is 1.79 bits per heavy atom. The molecule has 4 heterocycles. The summed E-state index contributed by atoms with van der Waals surface area (Å²) in [5, 5.41) is 2.89. The molecule has 1 aliphatic rings. The van der Waals surface area contributed by atoms with Crippen molar-refractivity contribution >= 4 is 18.4 Å². The Balaban J connectivity index is 1.37. The molecular formula is C37H32N4Si. The summed E-state index contributed by atoms with van der Waals surface area (Å²) in [6, 6.07) is 35.8. The monoisotopic (exact) mass is 560 g/mol. The predicted octanol–water partition coefficient (Wildman–Crippen LogP) is 7.42. The smallest absolute Gasteiger partial charge is 0.160 e. The van der Waals surface area contributed by atoms with Gasteiger partial charge in [-0.15, -0.1) is 0 Å². The van der Waals surface area contributed by atoms with Crippen molar-refractivity contribution in [2.24, 2.45) is 0 Å². The third-order valence-electron chi connectivity index (χ3n) is 8.53. The van der Waals surface area contributed by atoms with E-state index in [1.54, 1.807) is 0 Å². The van der Waals surface area contributed by atoms with Crippen LogP contribution in [0.3, 0.4) is 0 Å². The summed E-state index contributed by atoms with van der Waals surface area (Å²) in [5.74, 6) is 0.900. The van der Waals surface area contributed by atoms with E-state index >= 15 is 0 Å². The quantitative estimate of drug-likeness (QED) is 0.199. The van der Waals surface area contributed by atoms with Gasteiger partial charge in [0.2, 0.25) is 0 Å². The van der Waals surface area contributed by atoms with Gasteiger partial charge in [0.15, 0.2) is 5.82 Å². The fraction of sp³-hybridized carbons (Fsp3) is 0.135. The van der Waals surface area contributed by atoms with Gasteiger partial charge < -0.3 is 0 Å². The van der Waals surface area contributed by atoms with Crippen LogP contribution >= 0.6 is 0 Å². The molecule has 204 valence electrons. The number of hydrogen-bond donors (Lipinski definition) is 0. The lowest BCUT2D eigenvalue weighted by atomic mass is 9.90. The van der Waals surface area contributed by atoms with Gasteiger partial charge in [0.25, 0.3) is 0 Å². The second kappa shape index (κ2) is 10.6. The second-order valence-corrected chi connectivity index (χ2v) is 16.0. The molecule has 3 aromatic heterocycles. The average molecular weight is 561 g/mol. The van der Waals surface area contributed by atoms with Gasteiger partial charge in [-0.25, -0.2) is 9.97 Å². The second-order valence-electron chi connectivity index (χ2n) is 11.6. The van der Waals surface area contributed by atoms with Crippen LogP contribution in [-0.4, -0.2) is 28.0 Å². The van der Waals surface area contributed by atoms with Crippen LogP contribution in [0.15, 0.2) is 122 Å². The number of fused-ring (bicyclic) bond motifs is 3. The largest absolute Gasteiger partial charge is 0.264 e. The van der Waals surface area contributed by atoms with Gasteiger partial charge in [-0.05, 0) is 28.9 Å². The average Bonchev–Trinajstić information content (AvgIpc) is 3.28. The Morgan fingerprint density at radius 2 is 1.19 bits per heavy atom. The predicted molar refractivity (Wildman–Crippen MR) is 175 cm³/mol. The number of aromatic nitrogens is 4. The van der Waals surface area contributed by atoms with Gasteiger partial charge in [-0.3, -0.25) is 9.97 Å². The number of benzene rings is 3. The van der Waals surface area contributed by atoms with E-state index in [-0.39, 0.29) is 5.92 Å². The van der Waals surface area contributed by atoms with Crippen LogP contribution in [0, 0.1) is 0 Å². The van der Waals surface area contributed by atoms with E-state index in [1.807, 2.05) is 30.6 Å². The van der Waals surface area contributed by atoms with Crippen molar-refractivity contribution in [3.8, 4) is 45.0 Å². The molecule has 1 aliphatic heterocycles. The molecule has 0 fully saturated rings. The van der Waals surface area contributed by atoms with Gasteiger partial charge in [0.05, 0.1) is 11.4 Å². The summed E-state index contributed by atoms with van der Waals surface area (Å²) < 4.78 is 0. The molecule has 1 atom stereocenters. The van der Waals surface area contributed by atoms with Crippen LogP contribution in [0.25, 0.3) is 45.0 Å². The maximum Gasteiger partial charge on any atom is 0.160 e. The summed E-state index contributed by atoms with van der Waals surface area (Å²) >= 11 is 0. The van der Waals surface area contributed by atoms with Gasteiger partial charge in [0.1, 0.15) is 8.07 Å². The lowest BCUT2D eigenvalue weighted by Gasteiger charge is -2.22. The lowest BCUT2D eigenvalue weighted by molar-refractivity contribution is 0.729. The first-order chi connectivity index (χ1) is 20.5. The number of rotatable bonds is 6. The fourth-order valence-electron chi connectivity index (χ4n) is 6.25. The van der Waals surface area contributed by atoms with Crippen LogP contribution in [0.4, 0.5) is 0 Å². The van der Waals surface area contributed by atoms with Gasteiger partial charge >= 0.3 is 0 Å². The van der Waals surface area contributed by atoms with Crippen molar-refractivity contribution in [3.63, 3.8) is 0 Å². The molecule has 0 saturated heterocycles. The molecule has 0 bridgehead atoms. The molecule has 5 heteroatoms. The molecule has 4 nitrogen and oxygen atoms in total. The zero-order valence-corrected chi connectivity index (χ0v) is 25.1. The third kappa shape index (κ3) is 4.56. The minimum Gasteiger partial charge on any atom is -0.264 e. The zero-order chi connectivity index (χ0) is 28.7. The Labute approximate surface area is 248 Å². The van der Waals surface area contributed by atoms with E-state index in [9.17, 15) is 0 Å². The number of hydrogen-bond acceptors (Lipinski definition) is 4. The van der Waals surface area contributed by atoms with E-state index in [0.717, 1.165) is 51.6 Å². The molecule has 7 rings (SSSR count). The normalized spacial score (nSPS) is 13.8. The fourth-order valence-corrected chi connectivity index (χ4v) is 9.28. The van der Waals surface area contributed by atoms with Crippen molar-refractivity contribution in [3.05, 3.63) is 133 Å². The molecule has 0 aliphatic carbocycles. The van der Waals surface area contributed by atoms with Gasteiger partial charge in [-0.1, -0.05) is 111 Å². The number of pyridine rings is 2. The van der Waals surface area contributed by atoms with Crippen molar-refractivity contribution in [2.75, 3.05) is 0 Å². The molecule has 0 spiro atoms. The summed E-state index contributed by atoms with van der Waals surface area (Å²) in [5.41, 5.74) is 9.90. The third-order valence-corrected chi connectivity index (χ3v) is 12.1. The Morgan fingerprint density at radius 1 is 0.643 bits per heavy atom. The standard InChI is InChI=1S/C37H32N4Si/c1-25(32-22-34-31(24-39-32)30-23-38-20-19-33(30)42(34,2)3)21-29-35(26-13-7-4-8-14-26)40-37(28-17-11-6-12-18-28)41-36(29)27-15-9-5-10-16-27/h4-20,22-25H,21H2,1-3H3. The molecular weight excluding hydrogens is 529 g/mol. The van der Waals surface area contributed by atoms with Crippen LogP contribution in [0.1, 0.15) is 24.1 Å². The van der Waals surface area contributed by atoms with Crippen molar-refractivity contribution in [2.45, 2.75) is 32.4 Å². The van der Waals surface area contributed by atoms with Crippen molar-refractivity contribution < 1.29 is 0 Å². The molecule has 0 amide bonds. The summed E-state index contributed by atoms with van der Waals surface area (Å²) in [6.07, 6.45) is 6.77. The SMILES string of the molecule is CC(Cc1c(-c2ccccc2)nc(-c2ccccc2)nc1-c1ccccc1)c1cc2c(cn1)-c1cnccc1[Si]2(C)C. The number of nitrogens with zero attached hydrogens (tertiary/aromatic N) is 4. The summed E-state index contributed by atoms with van der Waals surface area (Å²) in [4.78, 5) is 19.9. The zero-order valence-electron chi connectivity index (χ0n) is 24.1. The van der Waals surface area contributed by atoms with Crippen LogP contribution in [-0.2, 0) is 6.42 Å². The first-order valence-electron chi connectivity index (χ1n) is 14.5. The molecule has 0 saturated carbocycles. The van der Waals surface area contributed by atoms with E-state index in [2.05, 4.69) is 116 Å². The topological polar surface area (TPSA) is 51.6 Å². The maximum absolute atomic E-state index is 5.22. The summed E-state index contributed by atoms with van der Waals surface area (Å²) in [6.45, 7) is 7.15. The van der Waals surface area contributed by atoms with Gasteiger partial charge in [-0.2, -0.15) is 0 Å². The van der Waals surface area contributed by atoms with Crippen LogP contribution in [0.2, 0.25) is 13.1 Å². The van der Waals surface area contributed by atoms with E-state index in [1.165, 1.54) is 21.5 Å². The minimum atomic E-state index is -1.83. The van der Waals surface area contributed by atoms with E-state index < -0.39 is 8.07 Å². The van der Waals surface area contributed by atoms with Crippen LogP contribution in [0.5, 0.6) is 0 Å². The summed E-state index contributed by atoms with van der Waals surface area (Å²) in [7, 11) is -1.83. The molecule has 1 unspecified atom stereocenters.